The zero-order valence-corrected chi connectivity index (χ0v) is 12.2. The molecule has 0 bridgehead atoms. The summed E-state index contributed by atoms with van der Waals surface area (Å²) >= 11 is 6.17. The largest absolute Gasteiger partial charge is 0.497 e. The molecule has 0 aliphatic carbocycles. The van der Waals surface area contributed by atoms with Crippen molar-refractivity contribution in [2.24, 2.45) is 0 Å². The molecule has 0 amide bonds. The lowest BCUT2D eigenvalue weighted by atomic mass is 10.2. The van der Waals surface area contributed by atoms with Gasteiger partial charge in [-0.3, -0.25) is 0 Å². The van der Waals surface area contributed by atoms with E-state index in [1.807, 2.05) is 31.2 Å². The predicted molar refractivity (Wildman–Crippen MR) is 83.3 cm³/mol. The standard InChI is InChI=1S/C15H17ClN2O2/c1-3-20-14-6-4-5-12(15(14)17)18-13-9-10(19-2)7-8-11(13)16/h4-9,18H,3,17H2,1-2H3. The molecule has 0 aliphatic rings. The second-order valence-electron chi connectivity index (χ2n) is 4.12. The maximum atomic E-state index is 6.17. The Balaban J connectivity index is 2.32. The molecule has 0 heterocycles. The highest BCUT2D eigenvalue weighted by atomic mass is 35.5. The van der Waals surface area contributed by atoms with Gasteiger partial charge in [-0.2, -0.15) is 0 Å². The molecule has 106 valence electrons. The van der Waals surface area contributed by atoms with Crippen LogP contribution in [0.15, 0.2) is 36.4 Å². The Labute approximate surface area is 123 Å². The van der Waals surface area contributed by atoms with Crippen molar-refractivity contribution in [1.29, 1.82) is 0 Å². The number of benzene rings is 2. The average molecular weight is 293 g/mol. The number of nitrogen functional groups attached to an aromatic ring is 1. The van der Waals surface area contributed by atoms with Crippen LogP contribution in [0.2, 0.25) is 5.02 Å². The molecule has 2 rings (SSSR count). The van der Waals surface area contributed by atoms with Crippen molar-refractivity contribution >= 4 is 28.7 Å². The Morgan fingerprint density at radius 2 is 2.00 bits per heavy atom. The molecular formula is C15H17ClN2O2. The molecule has 0 atom stereocenters. The molecule has 4 nitrogen and oxygen atoms in total. The number of hydrogen-bond donors (Lipinski definition) is 2. The maximum absolute atomic E-state index is 6.17. The second kappa shape index (κ2) is 6.39. The highest BCUT2D eigenvalue weighted by Gasteiger charge is 2.08. The van der Waals surface area contributed by atoms with Gasteiger partial charge in [0.25, 0.3) is 0 Å². The topological polar surface area (TPSA) is 56.5 Å². The van der Waals surface area contributed by atoms with Gasteiger partial charge in [0.2, 0.25) is 0 Å². The summed E-state index contributed by atoms with van der Waals surface area (Å²) in [6, 6.07) is 11.0. The number of methoxy groups -OCH3 is 1. The van der Waals surface area contributed by atoms with Crippen molar-refractivity contribution in [1.82, 2.24) is 0 Å². The minimum Gasteiger partial charge on any atom is -0.497 e. The van der Waals surface area contributed by atoms with Gasteiger partial charge in [-0.15, -0.1) is 0 Å². The van der Waals surface area contributed by atoms with Crippen molar-refractivity contribution in [3.05, 3.63) is 41.4 Å². The third-order valence-corrected chi connectivity index (χ3v) is 3.14. The van der Waals surface area contributed by atoms with Gasteiger partial charge in [-0.05, 0) is 31.2 Å². The van der Waals surface area contributed by atoms with Crippen molar-refractivity contribution in [3.8, 4) is 11.5 Å². The number of hydrogen-bond acceptors (Lipinski definition) is 4. The zero-order chi connectivity index (χ0) is 14.5. The van der Waals surface area contributed by atoms with E-state index in [1.54, 1.807) is 19.2 Å². The van der Waals surface area contributed by atoms with Crippen LogP contribution in [0.1, 0.15) is 6.92 Å². The molecule has 0 fully saturated rings. The van der Waals surface area contributed by atoms with Crippen LogP contribution in [0.5, 0.6) is 11.5 Å². The number of ether oxygens (including phenoxy) is 2. The van der Waals surface area contributed by atoms with E-state index in [-0.39, 0.29) is 0 Å². The fourth-order valence-corrected chi connectivity index (χ4v) is 1.97. The maximum Gasteiger partial charge on any atom is 0.144 e. The first-order valence-electron chi connectivity index (χ1n) is 6.27. The van der Waals surface area contributed by atoms with Crippen LogP contribution in [0.4, 0.5) is 17.1 Å². The van der Waals surface area contributed by atoms with Crippen LogP contribution < -0.4 is 20.5 Å². The number of para-hydroxylation sites is 1. The number of halogens is 1. The normalized spacial score (nSPS) is 10.2. The molecule has 20 heavy (non-hydrogen) atoms. The van der Waals surface area contributed by atoms with E-state index in [1.165, 1.54) is 0 Å². The van der Waals surface area contributed by atoms with Crippen LogP contribution in [0.3, 0.4) is 0 Å². The van der Waals surface area contributed by atoms with Gasteiger partial charge in [0, 0.05) is 6.07 Å². The summed E-state index contributed by atoms with van der Waals surface area (Å²) in [5.41, 5.74) is 8.10. The molecule has 0 aliphatic heterocycles. The summed E-state index contributed by atoms with van der Waals surface area (Å²) in [6.07, 6.45) is 0. The van der Waals surface area contributed by atoms with Gasteiger partial charge < -0.3 is 20.5 Å². The summed E-state index contributed by atoms with van der Waals surface area (Å²) in [7, 11) is 1.61. The molecule has 0 aromatic heterocycles. The smallest absolute Gasteiger partial charge is 0.144 e. The van der Waals surface area contributed by atoms with Gasteiger partial charge in [0.1, 0.15) is 11.5 Å². The highest BCUT2D eigenvalue weighted by molar-refractivity contribution is 6.33. The van der Waals surface area contributed by atoms with Gasteiger partial charge in [0.05, 0.1) is 35.8 Å². The van der Waals surface area contributed by atoms with E-state index >= 15 is 0 Å². The molecule has 0 radical (unpaired) electrons. The van der Waals surface area contributed by atoms with Crippen molar-refractivity contribution in [2.45, 2.75) is 6.92 Å². The minimum absolute atomic E-state index is 0.549. The molecule has 0 saturated carbocycles. The fraction of sp³-hybridized carbons (Fsp3) is 0.200. The SMILES string of the molecule is CCOc1cccc(Nc2cc(OC)ccc2Cl)c1N. The first-order chi connectivity index (χ1) is 9.65. The van der Waals surface area contributed by atoms with Crippen LogP contribution in [-0.4, -0.2) is 13.7 Å². The van der Waals surface area contributed by atoms with E-state index in [4.69, 9.17) is 26.8 Å². The number of nitrogens with two attached hydrogens (primary N) is 1. The summed E-state index contributed by atoms with van der Waals surface area (Å²) in [6.45, 7) is 2.48. The molecule has 3 N–H and O–H groups in total. The van der Waals surface area contributed by atoms with E-state index in [2.05, 4.69) is 5.32 Å². The summed E-state index contributed by atoms with van der Waals surface area (Å²) in [5, 5.41) is 3.79. The average Bonchev–Trinajstić information content (AvgIpc) is 2.45. The summed E-state index contributed by atoms with van der Waals surface area (Å²) < 4.78 is 10.7. The van der Waals surface area contributed by atoms with Gasteiger partial charge >= 0.3 is 0 Å². The molecule has 0 spiro atoms. The van der Waals surface area contributed by atoms with Gasteiger partial charge in [-0.1, -0.05) is 17.7 Å². The van der Waals surface area contributed by atoms with Crippen molar-refractivity contribution < 1.29 is 9.47 Å². The van der Waals surface area contributed by atoms with E-state index in [9.17, 15) is 0 Å². The monoisotopic (exact) mass is 292 g/mol. The van der Waals surface area contributed by atoms with Crippen LogP contribution in [0, 0.1) is 0 Å². The number of nitrogens with one attached hydrogen (secondary N) is 1. The lowest BCUT2D eigenvalue weighted by Crippen LogP contribution is -2.01. The minimum atomic E-state index is 0.549. The van der Waals surface area contributed by atoms with Crippen LogP contribution in [0.25, 0.3) is 0 Å². The predicted octanol–water partition coefficient (Wildman–Crippen LogP) is 4.07. The first-order valence-corrected chi connectivity index (χ1v) is 6.65. The van der Waals surface area contributed by atoms with Crippen molar-refractivity contribution in [3.63, 3.8) is 0 Å². The molecule has 0 unspecified atom stereocenters. The van der Waals surface area contributed by atoms with E-state index in [0.29, 0.717) is 23.1 Å². The van der Waals surface area contributed by atoms with Crippen LogP contribution >= 0.6 is 11.6 Å². The molecular weight excluding hydrogens is 276 g/mol. The van der Waals surface area contributed by atoms with E-state index in [0.717, 1.165) is 17.1 Å². The third kappa shape index (κ3) is 3.08. The fourth-order valence-electron chi connectivity index (χ4n) is 1.81. The summed E-state index contributed by atoms with van der Waals surface area (Å²) in [4.78, 5) is 0. The Morgan fingerprint density at radius 3 is 2.70 bits per heavy atom. The Hall–Kier alpha value is -2.07. The second-order valence-corrected chi connectivity index (χ2v) is 4.53. The number of anilines is 3. The molecule has 2 aromatic carbocycles. The van der Waals surface area contributed by atoms with Gasteiger partial charge in [-0.25, -0.2) is 0 Å². The van der Waals surface area contributed by atoms with Crippen molar-refractivity contribution in [2.75, 3.05) is 24.8 Å². The zero-order valence-electron chi connectivity index (χ0n) is 11.4. The Morgan fingerprint density at radius 1 is 1.20 bits per heavy atom. The summed E-state index contributed by atoms with van der Waals surface area (Å²) in [5.74, 6) is 1.37. The Kier molecular flexibility index (Phi) is 4.58. The molecule has 2 aromatic rings. The third-order valence-electron chi connectivity index (χ3n) is 2.81. The quantitative estimate of drug-likeness (QED) is 0.816. The molecule has 0 saturated heterocycles. The first kappa shape index (κ1) is 14.3. The lowest BCUT2D eigenvalue weighted by molar-refractivity contribution is 0.342. The number of rotatable bonds is 5. The highest BCUT2D eigenvalue weighted by Crippen LogP contribution is 2.35. The Bertz CT molecular complexity index is 602. The van der Waals surface area contributed by atoms with E-state index < -0.39 is 0 Å². The van der Waals surface area contributed by atoms with Gasteiger partial charge in [0.15, 0.2) is 0 Å². The lowest BCUT2D eigenvalue weighted by Gasteiger charge is -2.14. The van der Waals surface area contributed by atoms with Crippen LogP contribution in [-0.2, 0) is 0 Å². The molecule has 5 heteroatoms.